The van der Waals surface area contributed by atoms with Crippen molar-refractivity contribution in [2.75, 3.05) is 19.8 Å². The molecule has 0 saturated carbocycles. The monoisotopic (exact) mass is 438 g/mol. The lowest BCUT2D eigenvalue weighted by Crippen LogP contribution is -2.17. The summed E-state index contributed by atoms with van der Waals surface area (Å²) in [5, 5.41) is 8.80. The van der Waals surface area contributed by atoms with Gasteiger partial charge in [0.2, 0.25) is 0 Å². The molecule has 1 aliphatic rings. The molecule has 0 amide bonds. The number of ketones is 1. The molecule has 0 unspecified atom stereocenters. The topological polar surface area (TPSA) is 82.1 Å². The Morgan fingerprint density at radius 1 is 1.06 bits per heavy atom. The van der Waals surface area contributed by atoms with Crippen molar-refractivity contribution < 1.29 is 28.9 Å². The number of hydrogen-bond acceptors (Lipinski definition) is 5. The van der Waals surface area contributed by atoms with Gasteiger partial charge in [0.05, 0.1) is 25.4 Å². The van der Waals surface area contributed by atoms with Crippen LogP contribution in [0.15, 0.2) is 42.5 Å². The molecule has 1 heterocycles. The van der Waals surface area contributed by atoms with E-state index < -0.39 is 5.97 Å². The van der Waals surface area contributed by atoms with Gasteiger partial charge in [-0.3, -0.25) is 4.79 Å². The standard InChI is InChI=1S/C26H30O6/c1-2-8-21-24(13-12-20-22(27)15-18-32-26(20)21)31-17-7-3-6-16-30-23-10-5-4-9-19(23)11-14-25(28)29/h4-5,9-14H,2-3,6-8,15-18H2,1H3,(H,28,29). The SMILES string of the molecule is CCCc1c(OCCCCCOc2ccccc2C=CC(=O)O)ccc2c1OCCC2=O. The van der Waals surface area contributed by atoms with Crippen LogP contribution in [0.2, 0.25) is 0 Å². The molecule has 2 aromatic carbocycles. The van der Waals surface area contributed by atoms with Crippen LogP contribution in [0, 0.1) is 0 Å². The third-order valence-corrected chi connectivity index (χ3v) is 5.22. The van der Waals surface area contributed by atoms with Crippen molar-refractivity contribution in [3.8, 4) is 17.2 Å². The van der Waals surface area contributed by atoms with Crippen LogP contribution in [-0.4, -0.2) is 36.7 Å². The van der Waals surface area contributed by atoms with E-state index in [9.17, 15) is 9.59 Å². The van der Waals surface area contributed by atoms with Crippen LogP contribution in [0.5, 0.6) is 17.2 Å². The predicted molar refractivity (Wildman–Crippen MR) is 123 cm³/mol. The van der Waals surface area contributed by atoms with Gasteiger partial charge in [0.25, 0.3) is 0 Å². The maximum atomic E-state index is 12.1. The third kappa shape index (κ3) is 6.36. The minimum Gasteiger partial charge on any atom is -0.493 e. The van der Waals surface area contributed by atoms with Gasteiger partial charge in [-0.05, 0) is 50.0 Å². The van der Waals surface area contributed by atoms with Crippen molar-refractivity contribution in [1.82, 2.24) is 0 Å². The number of carbonyl (C=O) groups is 2. The lowest BCUT2D eigenvalue weighted by molar-refractivity contribution is -0.131. The maximum absolute atomic E-state index is 12.1. The Morgan fingerprint density at radius 2 is 1.81 bits per heavy atom. The van der Waals surface area contributed by atoms with Crippen LogP contribution >= 0.6 is 0 Å². The lowest BCUT2D eigenvalue weighted by atomic mass is 9.98. The summed E-state index contributed by atoms with van der Waals surface area (Å²) in [6.07, 6.45) is 7.52. The highest BCUT2D eigenvalue weighted by Gasteiger charge is 2.23. The van der Waals surface area contributed by atoms with Crippen LogP contribution < -0.4 is 14.2 Å². The number of ether oxygens (including phenoxy) is 3. The predicted octanol–water partition coefficient (Wildman–Crippen LogP) is 5.33. The molecule has 1 aliphatic heterocycles. The van der Waals surface area contributed by atoms with Gasteiger partial charge >= 0.3 is 5.97 Å². The minimum atomic E-state index is -0.987. The van der Waals surface area contributed by atoms with Crippen molar-refractivity contribution in [2.45, 2.75) is 45.4 Å². The molecule has 0 radical (unpaired) electrons. The average Bonchev–Trinajstić information content (AvgIpc) is 2.79. The van der Waals surface area contributed by atoms with E-state index in [1.807, 2.05) is 36.4 Å². The Hall–Kier alpha value is -3.28. The van der Waals surface area contributed by atoms with Gasteiger partial charge in [0.15, 0.2) is 5.78 Å². The fourth-order valence-corrected chi connectivity index (χ4v) is 3.65. The van der Waals surface area contributed by atoms with Crippen molar-refractivity contribution in [3.63, 3.8) is 0 Å². The fraction of sp³-hybridized carbons (Fsp3) is 0.385. The summed E-state index contributed by atoms with van der Waals surface area (Å²) in [6.45, 7) is 3.67. The first-order chi connectivity index (χ1) is 15.6. The second-order valence-corrected chi connectivity index (χ2v) is 7.66. The zero-order valence-corrected chi connectivity index (χ0v) is 18.5. The van der Waals surface area contributed by atoms with Crippen LogP contribution in [0.25, 0.3) is 6.08 Å². The first-order valence-corrected chi connectivity index (χ1v) is 11.2. The van der Waals surface area contributed by atoms with E-state index >= 15 is 0 Å². The zero-order chi connectivity index (χ0) is 22.8. The highest BCUT2D eigenvalue weighted by atomic mass is 16.5. The molecule has 32 heavy (non-hydrogen) atoms. The quantitative estimate of drug-likeness (QED) is 0.356. The molecular weight excluding hydrogens is 408 g/mol. The summed E-state index contributed by atoms with van der Waals surface area (Å²) in [4.78, 5) is 22.9. The Morgan fingerprint density at radius 3 is 2.56 bits per heavy atom. The van der Waals surface area contributed by atoms with E-state index in [1.165, 1.54) is 6.08 Å². The van der Waals surface area contributed by atoms with Crippen molar-refractivity contribution >= 4 is 17.8 Å². The zero-order valence-electron chi connectivity index (χ0n) is 18.5. The summed E-state index contributed by atoms with van der Waals surface area (Å²) < 4.78 is 17.7. The van der Waals surface area contributed by atoms with E-state index in [-0.39, 0.29) is 5.78 Å². The number of unbranched alkanes of at least 4 members (excludes halogenated alkanes) is 2. The molecular formula is C26H30O6. The minimum absolute atomic E-state index is 0.134. The van der Waals surface area contributed by atoms with Crippen molar-refractivity contribution in [1.29, 1.82) is 0 Å². The number of Topliss-reactive ketones (excluding diaryl/α,β-unsaturated/α-hetero) is 1. The highest BCUT2D eigenvalue weighted by molar-refractivity contribution is 6.00. The van der Waals surface area contributed by atoms with Crippen LogP contribution in [0.1, 0.15) is 60.5 Å². The number of rotatable bonds is 12. The number of benzene rings is 2. The molecule has 2 aromatic rings. The molecule has 0 aliphatic carbocycles. The smallest absolute Gasteiger partial charge is 0.328 e. The summed E-state index contributed by atoms with van der Waals surface area (Å²) >= 11 is 0. The normalized spacial score (nSPS) is 13.0. The molecule has 0 bridgehead atoms. The van der Waals surface area contributed by atoms with Gasteiger partial charge in [0.1, 0.15) is 17.2 Å². The average molecular weight is 439 g/mol. The number of fused-ring (bicyclic) bond motifs is 1. The molecule has 0 fully saturated rings. The first kappa shape index (κ1) is 23.4. The summed E-state index contributed by atoms with van der Waals surface area (Å²) in [5.41, 5.74) is 2.41. The lowest BCUT2D eigenvalue weighted by Gasteiger charge is -2.22. The van der Waals surface area contributed by atoms with E-state index in [2.05, 4.69) is 6.92 Å². The molecule has 6 heteroatoms. The third-order valence-electron chi connectivity index (χ3n) is 5.22. The Balaban J connectivity index is 1.45. The van der Waals surface area contributed by atoms with Crippen molar-refractivity contribution in [3.05, 3.63) is 59.2 Å². The molecule has 170 valence electrons. The Labute approximate surface area is 188 Å². The molecule has 0 aromatic heterocycles. The van der Waals surface area contributed by atoms with Crippen LogP contribution in [0.3, 0.4) is 0 Å². The molecule has 0 atom stereocenters. The van der Waals surface area contributed by atoms with Gasteiger partial charge in [-0.1, -0.05) is 31.5 Å². The largest absolute Gasteiger partial charge is 0.493 e. The van der Waals surface area contributed by atoms with Crippen LogP contribution in [0.4, 0.5) is 0 Å². The van der Waals surface area contributed by atoms with E-state index in [0.717, 1.165) is 55.1 Å². The van der Waals surface area contributed by atoms with Crippen LogP contribution in [-0.2, 0) is 11.2 Å². The summed E-state index contributed by atoms with van der Waals surface area (Å²) in [5.74, 6) is 1.32. The number of para-hydroxylation sites is 1. The number of carboxylic acids is 1. The Bertz CT molecular complexity index is 963. The molecule has 0 spiro atoms. The number of carbonyl (C=O) groups excluding carboxylic acids is 1. The fourth-order valence-electron chi connectivity index (χ4n) is 3.65. The number of carboxylic acid groups (broad SMARTS) is 1. The van der Waals surface area contributed by atoms with Gasteiger partial charge in [-0.2, -0.15) is 0 Å². The second-order valence-electron chi connectivity index (χ2n) is 7.66. The first-order valence-electron chi connectivity index (χ1n) is 11.2. The van der Waals surface area contributed by atoms with Crippen molar-refractivity contribution in [2.24, 2.45) is 0 Å². The van der Waals surface area contributed by atoms with Gasteiger partial charge in [-0.15, -0.1) is 0 Å². The summed E-state index contributed by atoms with van der Waals surface area (Å²) in [6, 6.07) is 11.1. The molecule has 3 rings (SSSR count). The maximum Gasteiger partial charge on any atom is 0.328 e. The van der Waals surface area contributed by atoms with E-state index in [0.29, 0.717) is 43.3 Å². The number of hydrogen-bond donors (Lipinski definition) is 1. The highest BCUT2D eigenvalue weighted by Crippen LogP contribution is 2.36. The molecule has 0 saturated heterocycles. The van der Waals surface area contributed by atoms with E-state index in [4.69, 9.17) is 19.3 Å². The Kier molecular flexibility index (Phi) is 8.72. The second kappa shape index (κ2) is 11.9. The van der Waals surface area contributed by atoms with E-state index in [1.54, 1.807) is 0 Å². The van der Waals surface area contributed by atoms with Gasteiger partial charge in [-0.25, -0.2) is 4.79 Å². The molecule has 1 N–H and O–H groups in total. The summed E-state index contributed by atoms with van der Waals surface area (Å²) in [7, 11) is 0. The number of aliphatic carboxylic acids is 1. The van der Waals surface area contributed by atoms with Gasteiger partial charge in [0, 0.05) is 23.6 Å². The molecule has 6 nitrogen and oxygen atoms in total. The van der Waals surface area contributed by atoms with Gasteiger partial charge < -0.3 is 19.3 Å².